The van der Waals surface area contributed by atoms with E-state index in [2.05, 4.69) is 62.1 Å². The molecule has 392 valence electrons. The van der Waals surface area contributed by atoms with Crippen LogP contribution in [0.25, 0.3) is 0 Å². The summed E-state index contributed by atoms with van der Waals surface area (Å²) in [5.74, 6) is -1.43. The first-order valence-electron chi connectivity index (χ1n) is 24.7. The maximum absolute atomic E-state index is 13.8. The fraction of sp³-hybridized carbons (Fsp3) is 0.321. The predicted molar refractivity (Wildman–Crippen MR) is 287 cm³/mol. The summed E-state index contributed by atoms with van der Waals surface area (Å²) in [6.07, 6.45) is 7.82. The number of aryl methyl sites for hydroxylation is 1. The van der Waals surface area contributed by atoms with Crippen LogP contribution >= 0.6 is 45.3 Å². The molecule has 0 bridgehead atoms. The monoisotopic (exact) mass is 1100 g/mol. The summed E-state index contributed by atoms with van der Waals surface area (Å²) >= 11 is 5.47. The average molecular weight is 1110 g/mol. The summed E-state index contributed by atoms with van der Waals surface area (Å²) in [7, 11) is 0. The van der Waals surface area contributed by atoms with Crippen LogP contribution in [0.5, 0.6) is 0 Å². The standard InChI is InChI=1S/C27H27FN6O2S2.C26H24F2N6O2S2/c1-16-5-7-17(8-6-16)13-22(35)29-26-33-31-24(37-26)19-3-2-4-20(15-19)25-32-34-27(38-25)30-23(36)14-18-9-11-21(28)12-10-18;27-19-10-3-1-6-15(19)13-21(35)29-25-33-31-23(37-25)17-8-5-9-18(12-17)24-32-34-26(38-24)30-22(36)14-16-7-2-4-11-20(16)28/h5-12,19-20H,2-4,13-15H2,1H3,(H,29,33,35)(H,30,34,36);1-4,6-7,10-11,17-18H,5,8-9,12-14H2,(H,29,33,35)(H,30,34,36)/t19-,20-;17-,18-/m11/s1. The molecule has 76 heavy (non-hydrogen) atoms. The van der Waals surface area contributed by atoms with E-state index < -0.39 is 11.6 Å². The van der Waals surface area contributed by atoms with E-state index in [4.69, 9.17) is 0 Å². The number of nitrogens with one attached hydrogen (secondary N) is 4. The first-order valence-corrected chi connectivity index (χ1v) is 27.9. The Morgan fingerprint density at radius 2 is 0.750 bits per heavy atom. The van der Waals surface area contributed by atoms with Crippen LogP contribution < -0.4 is 21.3 Å². The largest absolute Gasteiger partial charge is 0.300 e. The van der Waals surface area contributed by atoms with Crippen LogP contribution in [0.1, 0.15) is 123 Å². The van der Waals surface area contributed by atoms with E-state index in [1.165, 1.54) is 69.6 Å². The fourth-order valence-corrected chi connectivity index (χ4v) is 12.7. The number of aromatic nitrogens is 8. The van der Waals surface area contributed by atoms with Gasteiger partial charge in [0.2, 0.25) is 44.2 Å². The molecule has 4 N–H and O–H groups in total. The zero-order valence-electron chi connectivity index (χ0n) is 41.0. The summed E-state index contributed by atoms with van der Waals surface area (Å²) in [6, 6.07) is 26.1. The van der Waals surface area contributed by atoms with Crippen molar-refractivity contribution in [2.45, 2.75) is 108 Å². The Labute approximate surface area is 451 Å². The molecule has 10 rings (SSSR count). The van der Waals surface area contributed by atoms with Gasteiger partial charge in [0.25, 0.3) is 0 Å². The van der Waals surface area contributed by atoms with Crippen molar-refractivity contribution in [2.75, 3.05) is 21.3 Å². The van der Waals surface area contributed by atoms with E-state index >= 15 is 0 Å². The molecular weight excluding hydrogens is 1050 g/mol. The third-order valence-corrected chi connectivity index (χ3v) is 16.9. The van der Waals surface area contributed by atoms with Gasteiger partial charge in [0.15, 0.2) is 0 Å². The lowest BCUT2D eigenvalue weighted by molar-refractivity contribution is -0.116. The molecule has 0 radical (unpaired) electrons. The SMILES string of the molecule is Cc1ccc(CC(=O)Nc2nnc([C@@H]3CCC[C@@H](c4nnc(NC(=O)Cc5ccc(F)cc5)s4)C3)s2)cc1.O=C(Cc1ccccc1F)Nc1nnc([C@@H]2CCC[C@@H](c3nnc(NC(=O)Cc4ccccc4F)s3)C2)s1. The van der Waals surface area contributed by atoms with E-state index in [1.54, 1.807) is 48.5 Å². The third-order valence-electron chi connectivity index (χ3n) is 12.9. The second-order valence-corrected chi connectivity index (χ2v) is 22.6. The van der Waals surface area contributed by atoms with Gasteiger partial charge in [0.1, 0.15) is 37.5 Å². The van der Waals surface area contributed by atoms with Crippen LogP contribution in [-0.4, -0.2) is 64.4 Å². The Bertz CT molecular complexity index is 3070. The summed E-state index contributed by atoms with van der Waals surface area (Å²) < 4.78 is 40.7. The van der Waals surface area contributed by atoms with Gasteiger partial charge >= 0.3 is 0 Å². The van der Waals surface area contributed by atoms with E-state index in [0.29, 0.717) is 38.1 Å². The quantitative estimate of drug-likeness (QED) is 0.0710. The van der Waals surface area contributed by atoms with E-state index in [0.717, 1.165) is 88.1 Å². The number of hydrogen-bond donors (Lipinski definition) is 4. The van der Waals surface area contributed by atoms with Crippen molar-refractivity contribution in [1.82, 2.24) is 40.8 Å². The number of amides is 4. The van der Waals surface area contributed by atoms with Gasteiger partial charge in [-0.3, -0.25) is 19.2 Å². The minimum absolute atomic E-state index is 0.0801. The van der Waals surface area contributed by atoms with Gasteiger partial charge in [0.05, 0.1) is 25.7 Å². The topological polar surface area (TPSA) is 220 Å². The van der Waals surface area contributed by atoms with E-state index in [-0.39, 0.29) is 72.4 Å². The van der Waals surface area contributed by atoms with Gasteiger partial charge in [-0.1, -0.05) is 137 Å². The minimum Gasteiger partial charge on any atom is -0.300 e. The summed E-state index contributed by atoms with van der Waals surface area (Å²) in [5, 5.41) is 50.2. The molecule has 0 aliphatic heterocycles. The van der Waals surface area contributed by atoms with Crippen molar-refractivity contribution in [3.63, 3.8) is 0 Å². The Balaban J connectivity index is 0.000000186. The summed E-state index contributed by atoms with van der Waals surface area (Å²) in [5.41, 5.74) is 3.49. The van der Waals surface area contributed by atoms with Crippen LogP contribution in [0.3, 0.4) is 0 Å². The maximum Gasteiger partial charge on any atom is 0.230 e. The van der Waals surface area contributed by atoms with E-state index in [1.807, 2.05) is 31.2 Å². The van der Waals surface area contributed by atoms with Crippen molar-refractivity contribution in [3.8, 4) is 0 Å². The normalized spacial score (nSPS) is 17.2. The molecule has 0 unspecified atom stereocenters. The molecule has 0 saturated heterocycles. The number of benzene rings is 4. The fourth-order valence-electron chi connectivity index (χ4n) is 9.04. The van der Waals surface area contributed by atoms with Gasteiger partial charge in [-0.15, -0.1) is 40.8 Å². The number of halogens is 3. The smallest absolute Gasteiger partial charge is 0.230 e. The molecule has 2 aliphatic carbocycles. The van der Waals surface area contributed by atoms with Gasteiger partial charge in [0, 0.05) is 23.7 Å². The summed E-state index contributed by atoms with van der Waals surface area (Å²) in [6.45, 7) is 2.02. The molecule has 2 saturated carbocycles. The highest BCUT2D eigenvalue weighted by Gasteiger charge is 2.31. The third kappa shape index (κ3) is 15.0. The number of anilines is 4. The van der Waals surface area contributed by atoms with Crippen molar-refractivity contribution < 1.29 is 32.3 Å². The van der Waals surface area contributed by atoms with Crippen molar-refractivity contribution in [1.29, 1.82) is 0 Å². The Morgan fingerprint density at radius 1 is 0.434 bits per heavy atom. The van der Waals surface area contributed by atoms with Crippen molar-refractivity contribution in [3.05, 3.63) is 162 Å². The highest BCUT2D eigenvalue weighted by molar-refractivity contribution is 7.16. The van der Waals surface area contributed by atoms with Gasteiger partial charge in [-0.25, -0.2) is 13.2 Å². The molecule has 4 aromatic heterocycles. The lowest BCUT2D eigenvalue weighted by atomic mass is 9.82. The van der Waals surface area contributed by atoms with Crippen LogP contribution in [0.15, 0.2) is 97.1 Å². The number of hydrogen-bond acceptors (Lipinski definition) is 16. The predicted octanol–water partition coefficient (Wildman–Crippen LogP) is 11.1. The van der Waals surface area contributed by atoms with Gasteiger partial charge < -0.3 is 21.3 Å². The first kappa shape index (κ1) is 53.6. The molecule has 4 amide bonds. The molecule has 2 aliphatic rings. The molecule has 0 spiro atoms. The van der Waals surface area contributed by atoms with Crippen molar-refractivity contribution >= 4 is 89.5 Å². The zero-order valence-corrected chi connectivity index (χ0v) is 44.3. The van der Waals surface area contributed by atoms with Crippen LogP contribution in [0.4, 0.5) is 33.7 Å². The summed E-state index contributed by atoms with van der Waals surface area (Å²) in [4.78, 5) is 49.5. The second-order valence-electron chi connectivity index (χ2n) is 18.6. The molecule has 23 heteroatoms. The maximum atomic E-state index is 13.8. The Hall–Kier alpha value is -7.21. The number of carbonyl (C=O) groups excluding carboxylic acids is 4. The van der Waals surface area contributed by atoms with E-state index in [9.17, 15) is 32.3 Å². The van der Waals surface area contributed by atoms with Gasteiger partial charge in [-0.2, -0.15) is 0 Å². The van der Waals surface area contributed by atoms with Gasteiger partial charge in [-0.05, 0) is 92.0 Å². The van der Waals surface area contributed by atoms with Crippen LogP contribution in [0.2, 0.25) is 0 Å². The highest BCUT2D eigenvalue weighted by atomic mass is 32.1. The molecule has 4 heterocycles. The molecule has 4 aromatic carbocycles. The zero-order chi connectivity index (χ0) is 53.0. The number of nitrogens with zero attached hydrogens (tertiary/aromatic N) is 8. The number of rotatable bonds is 16. The number of carbonyl (C=O) groups is 4. The lowest BCUT2D eigenvalue weighted by Crippen LogP contribution is -2.15. The average Bonchev–Trinajstić information content (AvgIpc) is 4.27. The molecule has 16 nitrogen and oxygen atoms in total. The first-order chi connectivity index (χ1) is 36.8. The molecule has 8 aromatic rings. The Morgan fingerprint density at radius 3 is 1.09 bits per heavy atom. The van der Waals surface area contributed by atoms with Crippen LogP contribution in [0, 0.1) is 24.4 Å². The molecule has 4 atom stereocenters. The highest BCUT2D eigenvalue weighted by Crippen LogP contribution is 2.45. The lowest BCUT2D eigenvalue weighted by Gasteiger charge is -2.25. The molecule has 2 fully saturated rings. The second kappa shape index (κ2) is 25.6. The Kier molecular flexibility index (Phi) is 18.0. The van der Waals surface area contributed by atoms with Crippen molar-refractivity contribution in [2.24, 2.45) is 0 Å². The minimum atomic E-state index is -0.418. The molecular formula is C53H51F3N12O4S4. The van der Waals surface area contributed by atoms with Crippen LogP contribution in [-0.2, 0) is 44.9 Å².